The van der Waals surface area contributed by atoms with E-state index in [4.69, 9.17) is 4.74 Å². The number of aliphatic hydroxyl groups excluding tert-OH is 1. The molecule has 0 amide bonds. The lowest BCUT2D eigenvalue weighted by Gasteiger charge is -2.20. The Hall–Kier alpha value is -1.82. The molecule has 1 aromatic rings. The van der Waals surface area contributed by atoms with E-state index in [9.17, 15) is 15.2 Å². The van der Waals surface area contributed by atoms with Gasteiger partial charge in [-0.2, -0.15) is 0 Å². The number of nitro groups is 1. The normalized spacial score (nSPS) is 12.2. The van der Waals surface area contributed by atoms with E-state index in [1.54, 1.807) is 18.2 Å². The molecule has 1 unspecified atom stereocenters. The molecule has 0 aliphatic heterocycles. The van der Waals surface area contributed by atoms with E-state index in [0.29, 0.717) is 18.2 Å². The number of hydrogen-bond acceptors (Lipinski definition) is 5. The number of aliphatic hydroxyl groups is 1. The van der Waals surface area contributed by atoms with E-state index in [0.717, 1.165) is 12.8 Å². The molecule has 1 atom stereocenters. The SMILES string of the molecule is CCCOc1cccc(NC(CO)CC(C)C)c1[N+](=O)[O-]. The van der Waals surface area contributed by atoms with Crippen LogP contribution >= 0.6 is 0 Å². The van der Waals surface area contributed by atoms with Gasteiger partial charge in [0.2, 0.25) is 0 Å². The lowest BCUT2D eigenvalue weighted by molar-refractivity contribution is -0.385. The van der Waals surface area contributed by atoms with Crippen LogP contribution < -0.4 is 10.1 Å². The van der Waals surface area contributed by atoms with Crippen LogP contribution in [0.3, 0.4) is 0 Å². The molecule has 1 aromatic carbocycles. The quantitative estimate of drug-likeness (QED) is 0.540. The fraction of sp³-hybridized carbons (Fsp3) is 0.600. The minimum Gasteiger partial charge on any atom is -0.487 e. The van der Waals surface area contributed by atoms with Gasteiger partial charge in [-0.15, -0.1) is 0 Å². The molecule has 21 heavy (non-hydrogen) atoms. The van der Waals surface area contributed by atoms with Crippen LogP contribution in [0.1, 0.15) is 33.6 Å². The summed E-state index contributed by atoms with van der Waals surface area (Å²) >= 11 is 0. The molecule has 6 nitrogen and oxygen atoms in total. The Morgan fingerprint density at radius 1 is 1.43 bits per heavy atom. The molecule has 0 saturated carbocycles. The highest BCUT2D eigenvalue weighted by molar-refractivity contribution is 5.68. The van der Waals surface area contributed by atoms with Gasteiger partial charge >= 0.3 is 5.69 Å². The van der Waals surface area contributed by atoms with Gasteiger partial charge in [0.05, 0.1) is 18.1 Å². The Morgan fingerprint density at radius 3 is 2.67 bits per heavy atom. The molecule has 0 heterocycles. The first-order chi connectivity index (χ1) is 9.99. The maximum Gasteiger partial charge on any atom is 0.333 e. The highest BCUT2D eigenvalue weighted by Gasteiger charge is 2.23. The maximum absolute atomic E-state index is 11.3. The average molecular weight is 296 g/mol. The van der Waals surface area contributed by atoms with Crippen molar-refractivity contribution in [3.05, 3.63) is 28.3 Å². The first kappa shape index (κ1) is 17.2. The molecule has 118 valence electrons. The van der Waals surface area contributed by atoms with E-state index >= 15 is 0 Å². The average Bonchev–Trinajstić information content (AvgIpc) is 2.43. The number of ether oxygens (including phenoxy) is 1. The van der Waals surface area contributed by atoms with Crippen LogP contribution in [0.25, 0.3) is 0 Å². The van der Waals surface area contributed by atoms with Crippen molar-refractivity contribution in [2.45, 2.75) is 39.7 Å². The van der Waals surface area contributed by atoms with E-state index < -0.39 is 4.92 Å². The smallest absolute Gasteiger partial charge is 0.333 e. The summed E-state index contributed by atoms with van der Waals surface area (Å²) in [5.74, 6) is 0.640. The number of nitrogens with one attached hydrogen (secondary N) is 1. The summed E-state index contributed by atoms with van der Waals surface area (Å²) in [6.07, 6.45) is 1.51. The van der Waals surface area contributed by atoms with Crippen molar-refractivity contribution in [1.29, 1.82) is 0 Å². The van der Waals surface area contributed by atoms with Crippen LogP contribution in [-0.4, -0.2) is 29.3 Å². The van der Waals surface area contributed by atoms with Crippen molar-refractivity contribution >= 4 is 11.4 Å². The van der Waals surface area contributed by atoms with Crippen LogP contribution in [0.4, 0.5) is 11.4 Å². The monoisotopic (exact) mass is 296 g/mol. The topological polar surface area (TPSA) is 84.6 Å². The van der Waals surface area contributed by atoms with Crippen LogP contribution in [0.5, 0.6) is 5.75 Å². The number of nitrogens with zero attached hydrogens (tertiary/aromatic N) is 1. The fourth-order valence-electron chi connectivity index (χ4n) is 2.12. The third-order valence-corrected chi connectivity index (χ3v) is 2.98. The van der Waals surface area contributed by atoms with Crippen molar-refractivity contribution in [2.75, 3.05) is 18.5 Å². The van der Waals surface area contributed by atoms with Gasteiger partial charge in [-0.3, -0.25) is 10.1 Å². The van der Waals surface area contributed by atoms with E-state index in [-0.39, 0.29) is 24.1 Å². The summed E-state index contributed by atoms with van der Waals surface area (Å²) < 4.78 is 5.44. The number of anilines is 1. The van der Waals surface area contributed by atoms with Gasteiger partial charge in [0.1, 0.15) is 5.69 Å². The maximum atomic E-state index is 11.3. The summed E-state index contributed by atoms with van der Waals surface area (Å²) in [6.45, 7) is 6.38. The number of para-hydroxylation sites is 1. The molecule has 0 saturated heterocycles. The number of rotatable bonds is 9. The predicted octanol–water partition coefficient (Wildman–Crippen LogP) is 3.20. The van der Waals surface area contributed by atoms with Crippen LogP contribution in [0.15, 0.2) is 18.2 Å². The zero-order chi connectivity index (χ0) is 15.8. The molecule has 0 aromatic heterocycles. The standard InChI is InChI=1S/C15H24N2O4/c1-4-8-21-14-7-5-6-13(15(14)17(19)20)16-12(10-18)9-11(2)3/h5-7,11-12,16,18H,4,8-10H2,1-3H3. The molecule has 0 bridgehead atoms. The van der Waals surface area contributed by atoms with Crippen LogP contribution in [0, 0.1) is 16.0 Å². The van der Waals surface area contributed by atoms with Crippen LogP contribution in [-0.2, 0) is 0 Å². The van der Waals surface area contributed by atoms with Crippen molar-refractivity contribution in [3.63, 3.8) is 0 Å². The molecule has 1 rings (SSSR count). The van der Waals surface area contributed by atoms with E-state index in [2.05, 4.69) is 5.32 Å². The largest absolute Gasteiger partial charge is 0.487 e. The molecular formula is C15H24N2O4. The minimum absolute atomic E-state index is 0.0740. The Morgan fingerprint density at radius 2 is 2.14 bits per heavy atom. The summed E-state index contributed by atoms with van der Waals surface area (Å²) in [5, 5.41) is 23.8. The molecule has 0 fully saturated rings. The predicted molar refractivity (Wildman–Crippen MR) is 82.8 cm³/mol. The number of nitro benzene ring substituents is 1. The van der Waals surface area contributed by atoms with Gasteiger partial charge in [-0.25, -0.2) is 0 Å². The minimum atomic E-state index is -0.447. The molecule has 0 aliphatic carbocycles. The lowest BCUT2D eigenvalue weighted by atomic mass is 10.0. The fourth-order valence-corrected chi connectivity index (χ4v) is 2.12. The van der Waals surface area contributed by atoms with Gasteiger partial charge < -0.3 is 15.2 Å². The number of hydrogen-bond donors (Lipinski definition) is 2. The second-order valence-electron chi connectivity index (χ2n) is 5.41. The Kier molecular flexibility index (Phi) is 6.94. The Labute approximate surface area is 125 Å². The van der Waals surface area contributed by atoms with E-state index in [1.165, 1.54) is 0 Å². The highest BCUT2D eigenvalue weighted by atomic mass is 16.6. The summed E-state index contributed by atoms with van der Waals surface area (Å²) in [4.78, 5) is 10.9. The number of benzene rings is 1. The van der Waals surface area contributed by atoms with Gasteiger partial charge in [-0.05, 0) is 30.9 Å². The molecule has 6 heteroatoms. The van der Waals surface area contributed by atoms with Crippen LogP contribution in [0.2, 0.25) is 0 Å². The van der Waals surface area contributed by atoms with Crippen molar-refractivity contribution in [2.24, 2.45) is 5.92 Å². The molecule has 0 radical (unpaired) electrons. The van der Waals surface area contributed by atoms with Gasteiger partial charge in [-0.1, -0.05) is 26.8 Å². The van der Waals surface area contributed by atoms with Gasteiger partial charge in [0, 0.05) is 6.04 Å². The van der Waals surface area contributed by atoms with Crippen molar-refractivity contribution < 1.29 is 14.8 Å². The van der Waals surface area contributed by atoms with Gasteiger partial charge in [0.25, 0.3) is 0 Å². The zero-order valence-electron chi connectivity index (χ0n) is 12.8. The highest BCUT2D eigenvalue weighted by Crippen LogP contribution is 2.35. The Bertz CT molecular complexity index is 463. The second-order valence-corrected chi connectivity index (χ2v) is 5.41. The van der Waals surface area contributed by atoms with Crippen molar-refractivity contribution in [3.8, 4) is 5.75 Å². The van der Waals surface area contributed by atoms with E-state index in [1.807, 2.05) is 20.8 Å². The molecule has 0 spiro atoms. The first-order valence-electron chi connectivity index (χ1n) is 7.27. The summed E-state index contributed by atoms with van der Waals surface area (Å²) in [6, 6.07) is 4.73. The summed E-state index contributed by atoms with van der Waals surface area (Å²) in [5.41, 5.74) is 0.307. The third kappa shape index (κ3) is 5.23. The first-order valence-corrected chi connectivity index (χ1v) is 7.27. The molecule has 2 N–H and O–H groups in total. The third-order valence-electron chi connectivity index (χ3n) is 2.98. The molecular weight excluding hydrogens is 272 g/mol. The zero-order valence-corrected chi connectivity index (χ0v) is 12.8. The van der Waals surface area contributed by atoms with Gasteiger partial charge in [0.15, 0.2) is 5.75 Å². The second kappa shape index (κ2) is 8.46. The lowest BCUT2D eigenvalue weighted by Crippen LogP contribution is -2.26. The summed E-state index contributed by atoms with van der Waals surface area (Å²) in [7, 11) is 0. The Balaban J connectivity index is 3.02. The molecule has 0 aliphatic rings. The van der Waals surface area contributed by atoms with Crippen molar-refractivity contribution in [1.82, 2.24) is 0 Å².